The van der Waals surface area contributed by atoms with E-state index in [0.29, 0.717) is 52.1 Å². The molecule has 0 bridgehead atoms. The molecule has 6 heteroatoms. The van der Waals surface area contributed by atoms with Gasteiger partial charge in [0.2, 0.25) is 0 Å². The molecule has 0 radical (unpaired) electrons. The molecule has 0 amide bonds. The number of hydrogen-bond donors (Lipinski definition) is 0. The van der Waals surface area contributed by atoms with E-state index >= 15 is 0 Å². The fourth-order valence-electron chi connectivity index (χ4n) is 6.62. The van der Waals surface area contributed by atoms with Gasteiger partial charge in [0.05, 0.1) is 39.3 Å². The second-order valence-electron chi connectivity index (χ2n) is 14.1. The highest BCUT2D eigenvalue weighted by molar-refractivity contribution is 6.11. The third-order valence-corrected chi connectivity index (χ3v) is 9.07. The van der Waals surface area contributed by atoms with Crippen molar-refractivity contribution in [3.63, 3.8) is 0 Å². The second-order valence-corrected chi connectivity index (χ2v) is 14.1. The van der Waals surface area contributed by atoms with Gasteiger partial charge in [0.1, 0.15) is 0 Å². The summed E-state index contributed by atoms with van der Waals surface area (Å²) in [6.07, 6.45) is 1.23. The predicted molar refractivity (Wildman–Crippen MR) is 229 cm³/mol. The maximum Gasteiger partial charge on any atom is 0.0614 e. The Morgan fingerprint density at radius 3 is 0.727 bits per heavy atom. The average molecular weight is 725 g/mol. The van der Waals surface area contributed by atoms with Crippen molar-refractivity contribution in [1.82, 2.24) is 15.0 Å². The van der Waals surface area contributed by atoms with E-state index in [2.05, 4.69) is 211 Å². The van der Waals surface area contributed by atoms with Crippen LogP contribution < -0.4 is 0 Å². The van der Waals surface area contributed by atoms with Crippen molar-refractivity contribution in [3.8, 4) is 0 Å². The Morgan fingerprint density at radius 1 is 0.309 bits per heavy atom. The van der Waals surface area contributed by atoms with E-state index in [-0.39, 0.29) is 0 Å². The van der Waals surface area contributed by atoms with Gasteiger partial charge in [-0.3, -0.25) is 15.0 Å². The molecule has 0 saturated carbocycles. The molecule has 55 heavy (non-hydrogen) atoms. The normalized spacial score (nSPS) is 11.5. The lowest BCUT2D eigenvalue weighted by Crippen LogP contribution is -2.24. The lowest BCUT2D eigenvalue weighted by molar-refractivity contribution is 0.267. The standard InChI is InChI=1S/C49H52N6/c1-41(50-53(35-43-21-9-3-10-22-43)36-44-23-11-4-12-24-44)33-49(52-55(39-47-29-17-7-18-30-47)40-48-31-19-8-20-32-48)34-42(2)51-54(37-45-25-13-5-14-26-45)38-46-27-15-6-16-28-46/h3-32H,33-40H2,1-2H3/b50-41+,51-42+. The summed E-state index contributed by atoms with van der Waals surface area (Å²) < 4.78 is 0. The predicted octanol–water partition coefficient (Wildman–Crippen LogP) is 11.0. The smallest absolute Gasteiger partial charge is 0.0614 e. The molecule has 0 heterocycles. The first kappa shape index (κ1) is 38.5. The van der Waals surface area contributed by atoms with Crippen molar-refractivity contribution in [2.75, 3.05) is 0 Å². The number of hydrazone groups is 3. The van der Waals surface area contributed by atoms with Crippen LogP contribution in [0.2, 0.25) is 0 Å². The van der Waals surface area contributed by atoms with Gasteiger partial charge in [0, 0.05) is 30.0 Å². The summed E-state index contributed by atoms with van der Waals surface area (Å²) in [5, 5.41) is 22.5. The summed E-state index contributed by atoms with van der Waals surface area (Å²) >= 11 is 0. The molecule has 0 N–H and O–H groups in total. The minimum Gasteiger partial charge on any atom is -0.288 e. The van der Waals surface area contributed by atoms with Gasteiger partial charge < -0.3 is 0 Å². The second kappa shape index (κ2) is 20.8. The monoisotopic (exact) mass is 724 g/mol. The van der Waals surface area contributed by atoms with Gasteiger partial charge >= 0.3 is 0 Å². The van der Waals surface area contributed by atoms with Crippen LogP contribution >= 0.6 is 0 Å². The van der Waals surface area contributed by atoms with E-state index in [1.54, 1.807) is 0 Å². The average Bonchev–Trinajstić information content (AvgIpc) is 3.20. The van der Waals surface area contributed by atoms with E-state index in [1.807, 2.05) is 0 Å². The van der Waals surface area contributed by atoms with Crippen molar-refractivity contribution >= 4 is 17.1 Å². The Morgan fingerprint density at radius 2 is 0.509 bits per heavy atom. The maximum absolute atomic E-state index is 5.45. The Labute approximate surface area is 327 Å². The van der Waals surface area contributed by atoms with Crippen LogP contribution in [0.5, 0.6) is 0 Å². The molecule has 6 aromatic carbocycles. The summed E-state index contributed by atoms with van der Waals surface area (Å²) in [5.41, 5.74) is 10.3. The van der Waals surface area contributed by atoms with Crippen molar-refractivity contribution < 1.29 is 0 Å². The van der Waals surface area contributed by atoms with Crippen LogP contribution in [0.4, 0.5) is 0 Å². The minimum absolute atomic E-state index is 0.615. The van der Waals surface area contributed by atoms with E-state index in [0.717, 1.165) is 17.1 Å². The van der Waals surface area contributed by atoms with E-state index in [4.69, 9.17) is 15.3 Å². The van der Waals surface area contributed by atoms with E-state index < -0.39 is 0 Å². The van der Waals surface area contributed by atoms with Crippen LogP contribution in [0.25, 0.3) is 0 Å². The maximum atomic E-state index is 5.45. The fourth-order valence-corrected chi connectivity index (χ4v) is 6.62. The number of hydrogen-bond acceptors (Lipinski definition) is 6. The molecular weight excluding hydrogens is 673 g/mol. The third kappa shape index (κ3) is 13.6. The Hall–Kier alpha value is -6.27. The molecule has 6 rings (SSSR count). The molecule has 0 aliphatic rings. The van der Waals surface area contributed by atoms with Crippen molar-refractivity contribution in [2.24, 2.45) is 15.3 Å². The first-order valence-electron chi connectivity index (χ1n) is 19.2. The molecule has 6 nitrogen and oxygen atoms in total. The molecule has 278 valence electrons. The fraction of sp³-hybridized carbons (Fsp3) is 0.204. The molecule has 0 unspecified atom stereocenters. The number of rotatable bonds is 19. The summed E-state index contributed by atoms with van der Waals surface area (Å²) in [5.74, 6) is 0. The van der Waals surface area contributed by atoms with E-state index in [9.17, 15) is 0 Å². The quantitative estimate of drug-likeness (QED) is 0.0617. The highest BCUT2D eigenvalue weighted by atomic mass is 15.5. The molecule has 0 spiro atoms. The first-order chi connectivity index (χ1) is 27.0. The molecule has 0 saturated heterocycles. The summed E-state index contributed by atoms with van der Waals surface area (Å²) in [6.45, 7) is 8.47. The van der Waals surface area contributed by atoms with Crippen LogP contribution in [-0.2, 0) is 39.3 Å². The zero-order valence-electron chi connectivity index (χ0n) is 32.2. The molecule has 0 aromatic heterocycles. The summed E-state index contributed by atoms with van der Waals surface area (Å²) in [4.78, 5) is 0. The third-order valence-electron chi connectivity index (χ3n) is 9.07. The van der Waals surface area contributed by atoms with Crippen LogP contribution in [-0.4, -0.2) is 32.2 Å². The van der Waals surface area contributed by atoms with Gasteiger partial charge in [0.25, 0.3) is 0 Å². The molecule has 0 aliphatic heterocycles. The Bertz CT molecular complexity index is 1840. The molecule has 0 aliphatic carbocycles. The van der Waals surface area contributed by atoms with Crippen molar-refractivity contribution in [3.05, 3.63) is 215 Å². The molecular formula is C49H52N6. The highest BCUT2D eigenvalue weighted by Gasteiger charge is 2.14. The lowest BCUT2D eigenvalue weighted by Gasteiger charge is -2.24. The topological polar surface area (TPSA) is 46.8 Å². The van der Waals surface area contributed by atoms with E-state index in [1.165, 1.54) is 33.4 Å². The van der Waals surface area contributed by atoms with Crippen molar-refractivity contribution in [2.45, 2.75) is 66.0 Å². The van der Waals surface area contributed by atoms with Crippen LogP contribution in [0, 0.1) is 0 Å². The number of nitrogens with zero attached hydrogens (tertiary/aromatic N) is 6. The SMILES string of the molecule is C/C(CC(C/C(C)=N/N(Cc1ccccc1)Cc1ccccc1)=NN(Cc1ccccc1)Cc1ccccc1)=N\N(Cc1ccccc1)Cc1ccccc1. The molecule has 0 atom stereocenters. The van der Waals surface area contributed by atoms with Gasteiger partial charge in [-0.05, 0) is 47.2 Å². The van der Waals surface area contributed by atoms with Crippen LogP contribution in [0.1, 0.15) is 60.1 Å². The zero-order chi connectivity index (χ0) is 37.9. The Kier molecular flexibility index (Phi) is 14.6. The van der Waals surface area contributed by atoms with Gasteiger partial charge in [0.15, 0.2) is 0 Å². The summed E-state index contributed by atoms with van der Waals surface area (Å²) in [6, 6.07) is 63.4. The largest absolute Gasteiger partial charge is 0.288 e. The highest BCUT2D eigenvalue weighted by Crippen LogP contribution is 2.17. The zero-order valence-corrected chi connectivity index (χ0v) is 32.2. The minimum atomic E-state index is 0.615. The molecule has 6 aromatic rings. The number of benzene rings is 6. The Balaban J connectivity index is 1.32. The van der Waals surface area contributed by atoms with Gasteiger partial charge in [-0.25, -0.2) is 0 Å². The van der Waals surface area contributed by atoms with Gasteiger partial charge in [-0.15, -0.1) is 0 Å². The summed E-state index contributed by atoms with van der Waals surface area (Å²) in [7, 11) is 0. The lowest BCUT2D eigenvalue weighted by atomic mass is 10.1. The van der Waals surface area contributed by atoms with Gasteiger partial charge in [-0.2, -0.15) is 15.3 Å². The van der Waals surface area contributed by atoms with Crippen LogP contribution in [0.15, 0.2) is 197 Å². The first-order valence-corrected chi connectivity index (χ1v) is 19.2. The van der Waals surface area contributed by atoms with Crippen molar-refractivity contribution in [1.29, 1.82) is 0 Å². The molecule has 0 fully saturated rings. The van der Waals surface area contributed by atoms with Gasteiger partial charge in [-0.1, -0.05) is 182 Å². The van der Waals surface area contributed by atoms with Crippen LogP contribution in [0.3, 0.4) is 0 Å².